The first-order chi connectivity index (χ1) is 6.06. The Bertz CT molecular complexity index is 288. The molecule has 0 N–H and O–H groups in total. The minimum atomic E-state index is -3.15. The number of benzene rings is 1. The first-order valence-corrected chi connectivity index (χ1v) is 3.91. The van der Waals surface area contributed by atoms with E-state index in [1.54, 1.807) is 0 Å². The largest absolute Gasteiger partial charge is 0.269 e. The Morgan fingerprint density at radius 1 is 1.15 bits per heavy atom. The van der Waals surface area contributed by atoms with E-state index in [0.717, 1.165) is 12.1 Å². The van der Waals surface area contributed by atoms with Crippen LogP contribution in [-0.4, -0.2) is 0 Å². The molecular weight excluding hydrogens is 208 g/mol. The van der Waals surface area contributed by atoms with Gasteiger partial charge in [-0.3, -0.25) is 0 Å². The van der Waals surface area contributed by atoms with Crippen molar-refractivity contribution in [2.24, 2.45) is 0 Å². The van der Waals surface area contributed by atoms with Crippen LogP contribution in [-0.2, 0) is 5.88 Å². The lowest BCUT2D eigenvalue weighted by Crippen LogP contribution is -1.97. The molecule has 1 aromatic carbocycles. The highest BCUT2D eigenvalue weighted by Crippen LogP contribution is 2.26. The minimum absolute atomic E-state index is 0.114. The van der Waals surface area contributed by atoms with Crippen molar-refractivity contribution in [3.05, 3.63) is 34.9 Å². The van der Waals surface area contributed by atoms with Gasteiger partial charge in [-0.25, -0.2) is 17.6 Å². The summed E-state index contributed by atoms with van der Waals surface area (Å²) in [7, 11) is 0. The molecule has 0 saturated carbocycles. The van der Waals surface area contributed by atoms with E-state index in [9.17, 15) is 17.6 Å². The van der Waals surface area contributed by atoms with Gasteiger partial charge in [-0.05, 0) is 17.7 Å². The van der Waals surface area contributed by atoms with E-state index in [1.165, 1.54) is 0 Å². The molecule has 0 aromatic heterocycles. The maximum Gasteiger partial charge on any atom is 0.269 e. The predicted octanol–water partition coefficient (Wildman–Crippen LogP) is 3.64. The normalized spacial score (nSPS) is 10.9. The highest BCUT2D eigenvalue weighted by atomic mass is 35.5. The topological polar surface area (TPSA) is 0 Å². The molecule has 0 heterocycles. The molecule has 5 heteroatoms. The average molecular weight is 213 g/mol. The van der Waals surface area contributed by atoms with E-state index in [4.69, 9.17) is 11.6 Å². The molecule has 13 heavy (non-hydrogen) atoms. The summed E-state index contributed by atoms with van der Waals surface area (Å²) in [5.74, 6) is -2.63. The Morgan fingerprint density at radius 3 is 1.92 bits per heavy atom. The second-order valence-corrected chi connectivity index (χ2v) is 2.67. The van der Waals surface area contributed by atoms with Crippen LogP contribution >= 0.6 is 11.6 Å². The number of alkyl halides is 3. The highest BCUT2D eigenvalue weighted by Gasteiger charge is 2.19. The van der Waals surface area contributed by atoms with Crippen molar-refractivity contribution in [3.63, 3.8) is 0 Å². The van der Waals surface area contributed by atoms with Crippen LogP contribution in [0.2, 0.25) is 0 Å². The van der Waals surface area contributed by atoms with E-state index in [2.05, 4.69) is 0 Å². The van der Waals surface area contributed by atoms with Crippen LogP contribution in [0.1, 0.15) is 17.6 Å². The average Bonchev–Trinajstić information content (AvgIpc) is 2.02. The van der Waals surface area contributed by atoms with E-state index >= 15 is 0 Å². The van der Waals surface area contributed by atoms with Crippen molar-refractivity contribution < 1.29 is 17.6 Å². The van der Waals surface area contributed by atoms with Gasteiger partial charge in [-0.1, -0.05) is 0 Å². The van der Waals surface area contributed by atoms with Crippen LogP contribution in [0, 0.1) is 11.6 Å². The quantitative estimate of drug-likeness (QED) is 0.519. The summed E-state index contributed by atoms with van der Waals surface area (Å²) in [5.41, 5.74) is -1.06. The Balaban J connectivity index is 3.23. The Hall–Kier alpha value is -0.770. The summed E-state index contributed by atoms with van der Waals surface area (Å²) in [6, 6.07) is 1.61. The van der Waals surface area contributed by atoms with Crippen LogP contribution < -0.4 is 0 Å². The molecule has 0 aliphatic rings. The van der Waals surface area contributed by atoms with Gasteiger partial charge in [0.05, 0.1) is 5.56 Å². The lowest BCUT2D eigenvalue weighted by Gasteiger charge is -2.04. The molecule has 0 aliphatic heterocycles. The summed E-state index contributed by atoms with van der Waals surface area (Å²) in [5, 5.41) is 0. The van der Waals surface area contributed by atoms with Gasteiger partial charge in [-0.15, -0.1) is 11.6 Å². The molecule has 0 nitrogen and oxygen atoms in total. The van der Waals surface area contributed by atoms with Crippen molar-refractivity contribution in [1.82, 2.24) is 0 Å². The molecule has 72 valence electrons. The molecule has 0 radical (unpaired) electrons. The van der Waals surface area contributed by atoms with E-state index in [-0.39, 0.29) is 11.4 Å². The second-order valence-electron chi connectivity index (χ2n) is 2.41. The van der Waals surface area contributed by atoms with Gasteiger partial charge < -0.3 is 0 Å². The maximum atomic E-state index is 12.8. The fourth-order valence-electron chi connectivity index (χ4n) is 0.922. The third kappa shape index (κ3) is 2.12. The zero-order chi connectivity index (χ0) is 10.0. The first kappa shape index (κ1) is 10.3. The highest BCUT2D eigenvalue weighted by molar-refractivity contribution is 6.17. The Labute approximate surface area is 77.1 Å². The molecule has 0 fully saturated rings. The monoisotopic (exact) mass is 212 g/mol. The zero-order valence-corrected chi connectivity index (χ0v) is 7.08. The summed E-state index contributed by atoms with van der Waals surface area (Å²) in [6.07, 6.45) is -3.15. The smallest absolute Gasteiger partial charge is 0.206 e. The Morgan fingerprint density at radius 2 is 1.62 bits per heavy atom. The summed E-state index contributed by atoms with van der Waals surface area (Å²) < 4.78 is 49.6. The third-order valence-corrected chi connectivity index (χ3v) is 1.82. The van der Waals surface area contributed by atoms with Gasteiger partial charge in [0.2, 0.25) is 0 Å². The van der Waals surface area contributed by atoms with Crippen LogP contribution in [0.25, 0.3) is 0 Å². The molecule has 0 unspecified atom stereocenters. The summed E-state index contributed by atoms with van der Waals surface area (Å²) >= 11 is 5.28. The number of halogens is 5. The van der Waals surface area contributed by atoms with Crippen molar-refractivity contribution in [2.45, 2.75) is 12.3 Å². The van der Waals surface area contributed by atoms with Crippen molar-refractivity contribution in [3.8, 4) is 0 Å². The van der Waals surface area contributed by atoms with Gasteiger partial charge in [-0.2, -0.15) is 0 Å². The summed E-state index contributed by atoms with van der Waals surface area (Å²) in [6.45, 7) is 0. The SMILES string of the molecule is Fc1cc(CCl)cc(F)c1C(F)F. The molecule has 0 aliphatic carbocycles. The van der Waals surface area contributed by atoms with Crippen LogP contribution in [0.15, 0.2) is 12.1 Å². The van der Waals surface area contributed by atoms with Crippen LogP contribution in [0.4, 0.5) is 17.6 Å². The van der Waals surface area contributed by atoms with Crippen LogP contribution in [0.5, 0.6) is 0 Å². The van der Waals surface area contributed by atoms with Gasteiger partial charge in [0, 0.05) is 5.88 Å². The van der Waals surface area contributed by atoms with E-state index in [1.807, 2.05) is 0 Å². The van der Waals surface area contributed by atoms with E-state index in [0.29, 0.717) is 0 Å². The number of hydrogen-bond acceptors (Lipinski definition) is 0. The third-order valence-electron chi connectivity index (χ3n) is 1.51. The molecule has 0 atom stereocenters. The number of hydrogen-bond donors (Lipinski definition) is 0. The lowest BCUT2D eigenvalue weighted by atomic mass is 10.1. The van der Waals surface area contributed by atoms with Crippen LogP contribution in [0.3, 0.4) is 0 Å². The molecule has 0 bridgehead atoms. The van der Waals surface area contributed by atoms with Gasteiger partial charge in [0.15, 0.2) is 0 Å². The fraction of sp³-hybridized carbons (Fsp3) is 0.250. The molecule has 1 aromatic rings. The molecule has 1 rings (SSSR count). The molecule has 0 spiro atoms. The fourth-order valence-corrected chi connectivity index (χ4v) is 1.08. The molecule has 0 amide bonds. The minimum Gasteiger partial charge on any atom is -0.206 e. The molecular formula is C8H5ClF4. The van der Waals surface area contributed by atoms with Crippen molar-refractivity contribution in [1.29, 1.82) is 0 Å². The lowest BCUT2D eigenvalue weighted by molar-refractivity contribution is 0.141. The van der Waals surface area contributed by atoms with Crippen molar-refractivity contribution >= 4 is 11.6 Å². The predicted molar refractivity (Wildman–Crippen MR) is 40.9 cm³/mol. The zero-order valence-electron chi connectivity index (χ0n) is 6.33. The van der Waals surface area contributed by atoms with E-state index < -0.39 is 23.6 Å². The summed E-state index contributed by atoms with van der Waals surface area (Å²) in [4.78, 5) is 0. The maximum absolute atomic E-state index is 12.8. The first-order valence-electron chi connectivity index (χ1n) is 3.38. The van der Waals surface area contributed by atoms with Gasteiger partial charge in [0.25, 0.3) is 6.43 Å². The van der Waals surface area contributed by atoms with Gasteiger partial charge in [0.1, 0.15) is 11.6 Å². The standard InChI is InChI=1S/C8H5ClF4/c9-3-4-1-5(10)7(8(12)13)6(11)2-4/h1-2,8H,3H2. The molecule has 0 saturated heterocycles. The second kappa shape index (κ2) is 3.96. The van der Waals surface area contributed by atoms with Crippen molar-refractivity contribution in [2.75, 3.05) is 0 Å². The van der Waals surface area contributed by atoms with Gasteiger partial charge >= 0.3 is 0 Å². The Kier molecular flexibility index (Phi) is 3.14. The number of rotatable bonds is 2.